The van der Waals surface area contributed by atoms with Gasteiger partial charge in [-0.25, -0.2) is 4.98 Å². The molecule has 5 nitrogen and oxygen atoms in total. The third kappa shape index (κ3) is 4.85. The molecule has 154 valence electrons. The average molecular weight is 422 g/mol. The molecule has 3 heterocycles. The Morgan fingerprint density at radius 1 is 1.00 bits per heavy atom. The number of aromatic nitrogens is 2. The first-order valence-corrected chi connectivity index (χ1v) is 10.3. The molecular weight excluding hydrogens is 401 g/mol. The van der Waals surface area contributed by atoms with Crippen molar-refractivity contribution in [3.63, 3.8) is 0 Å². The second-order valence-electron chi connectivity index (χ2n) is 7.24. The summed E-state index contributed by atoms with van der Waals surface area (Å²) in [5.74, 6) is 0. The van der Waals surface area contributed by atoms with E-state index in [0.717, 1.165) is 56.0 Å². The van der Waals surface area contributed by atoms with Gasteiger partial charge in [-0.05, 0) is 37.2 Å². The summed E-state index contributed by atoms with van der Waals surface area (Å²) in [6.45, 7) is 4.68. The van der Waals surface area contributed by atoms with E-state index in [4.69, 9.17) is 0 Å². The molecule has 0 bridgehead atoms. The molecule has 1 aromatic carbocycles. The van der Waals surface area contributed by atoms with E-state index in [0.29, 0.717) is 18.1 Å². The lowest BCUT2D eigenvalue weighted by Crippen LogP contribution is -2.31. The van der Waals surface area contributed by atoms with Crippen LogP contribution in [0, 0.1) is 0 Å². The van der Waals surface area contributed by atoms with Crippen molar-refractivity contribution >= 4 is 16.3 Å². The zero-order valence-corrected chi connectivity index (χ0v) is 16.5. The SMILES string of the molecule is O=c1cc(CN2CCCN(Cc3ccc(C(F)(F)F)cc3)CC2)nc2sccn12. The minimum atomic E-state index is -4.30. The summed E-state index contributed by atoms with van der Waals surface area (Å²) in [7, 11) is 0. The van der Waals surface area contributed by atoms with E-state index in [9.17, 15) is 18.0 Å². The van der Waals surface area contributed by atoms with Gasteiger partial charge in [-0.15, -0.1) is 11.3 Å². The molecule has 1 fully saturated rings. The number of hydrogen-bond acceptors (Lipinski definition) is 5. The van der Waals surface area contributed by atoms with E-state index in [1.165, 1.54) is 11.3 Å². The number of benzene rings is 1. The monoisotopic (exact) mass is 422 g/mol. The van der Waals surface area contributed by atoms with Crippen LogP contribution in [0.4, 0.5) is 13.2 Å². The fourth-order valence-electron chi connectivity index (χ4n) is 3.60. The van der Waals surface area contributed by atoms with Crippen LogP contribution in [0.1, 0.15) is 23.2 Å². The van der Waals surface area contributed by atoms with Gasteiger partial charge in [0, 0.05) is 43.8 Å². The number of nitrogens with zero attached hydrogens (tertiary/aromatic N) is 4. The molecule has 0 N–H and O–H groups in total. The molecule has 3 aromatic rings. The minimum Gasteiger partial charge on any atom is -0.298 e. The Hall–Kier alpha value is -2.23. The average Bonchev–Trinajstić information content (AvgIpc) is 3.04. The van der Waals surface area contributed by atoms with Gasteiger partial charge in [0.15, 0.2) is 4.96 Å². The highest BCUT2D eigenvalue weighted by molar-refractivity contribution is 7.15. The second kappa shape index (κ2) is 8.25. The molecule has 0 radical (unpaired) electrons. The van der Waals surface area contributed by atoms with Gasteiger partial charge in [0.25, 0.3) is 5.56 Å². The van der Waals surface area contributed by atoms with Gasteiger partial charge in [0.2, 0.25) is 0 Å². The highest BCUT2D eigenvalue weighted by atomic mass is 32.1. The van der Waals surface area contributed by atoms with Crippen LogP contribution in [0.2, 0.25) is 0 Å². The Balaban J connectivity index is 1.35. The molecule has 0 aliphatic carbocycles. The lowest BCUT2D eigenvalue weighted by Gasteiger charge is -2.21. The molecule has 4 rings (SSSR count). The largest absolute Gasteiger partial charge is 0.416 e. The molecular formula is C20H21F3N4OS. The number of fused-ring (bicyclic) bond motifs is 1. The molecule has 2 aromatic heterocycles. The number of thiazole rings is 1. The number of rotatable bonds is 4. The Labute approximate surface area is 170 Å². The minimum absolute atomic E-state index is 0.0648. The van der Waals surface area contributed by atoms with Crippen molar-refractivity contribution in [2.45, 2.75) is 25.7 Å². The van der Waals surface area contributed by atoms with Crippen LogP contribution in [-0.4, -0.2) is 45.4 Å². The zero-order valence-electron chi connectivity index (χ0n) is 15.7. The molecule has 0 amide bonds. The van der Waals surface area contributed by atoms with Crippen molar-refractivity contribution in [3.8, 4) is 0 Å². The van der Waals surface area contributed by atoms with Gasteiger partial charge in [-0.3, -0.25) is 19.0 Å². The molecule has 0 unspecified atom stereocenters. The van der Waals surface area contributed by atoms with E-state index in [-0.39, 0.29) is 5.56 Å². The summed E-state index contributed by atoms with van der Waals surface area (Å²) in [6.07, 6.45) is -1.62. The quantitative estimate of drug-likeness (QED) is 0.646. The molecule has 29 heavy (non-hydrogen) atoms. The van der Waals surface area contributed by atoms with Crippen molar-refractivity contribution < 1.29 is 13.2 Å². The first kappa shape index (κ1) is 20.1. The Morgan fingerprint density at radius 2 is 1.69 bits per heavy atom. The molecule has 1 aliphatic rings. The standard InChI is InChI=1S/C20H21F3N4OS/c21-20(22,23)16-4-2-15(3-5-16)13-25-6-1-7-26(9-8-25)14-17-12-18(28)27-10-11-29-19(27)24-17/h2-5,10-12H,1,6-9,13-14H2. The van der Waals surface area contributed by atoms with Gasteiger partial charge >= 0.3 is 6.18 Å². The Morgan fingerprint density at radius 3 is 2.38 bits per heavy atom. The first-order valence-electron chi connectivity index (χ1n) is 9.45. The summed E-state index contributed by atoms with van der Waals surface area (Å²) in [5.41, 5.74) is 0.970. The molecule has 0 atom stereocenters. The highest BCUT2D eigenvalue weighted by Gasteiger charge is 2.30. The van der Waals surface area contributed by atoms with E-state index < -0.39 is 11.7 Å². The molecule has 9 heteroatoms. The van der Waals surface area contributed by atoms with Crippen LogP contribution in [0.5, 0.6) is 0 Å². The van der Waals surface area contributed by atoms with Gasteiger partial charge in [0.1, 0.15) is 0 Å². The fourth-order valence-corrected chi connectivity index (χ4v) is 4.33. The molecule has 0 saturated carbocycles. The number of halogens is 3. The van der Waals surface area contributed by atoms with Crippen LogP contribution in [-0.2, 0) is 19.3 Å². The fraction of sp³-hybridized carbons (Fsp3) is 0.400. The van der Waals surface area contributed by atoms with Gasteiger partial charge in [0.05, 0.1) is 11.3 Å². The highest BCUT2D eigenvalue weighted by Crippen LogP contribution is 2.29. The van der Waals surface area contributed by atoms with Crippen molar-refractivity contribution in [2.75, 3.05) is 26.2 Å². The third-order valence-electron chi connectivity index (χ3n) is 5.11. The van der Waals surface area contributed by atoms with Gasteiger partial charge in [-0.2, -0.15) is 13.2 Å². The lowest BCUT2D eigenvalue weighted by molar-refractivity contribution is -0.137. The maximum atomic E-state index is 12.7. The summed E-state index contributed by atoms with van der Waals surface area (Å²) in [6, 6.07) is 6.98. The van der Waals surface area contributed by atoms with Crippen LogP contribution < -0.4 is 5.56 Å². The van der Waals surface area contributed by atoms with Crippen molar-refractivity contribution in [1.29, 1.82) is 0 Å². The maximum Gasteiger partial charge on any atom is 0.416 e. The molecule has 1 saturated heterocycles. The maximum absolute atomic E-state index is 12.7. The van der Waals surface area contributed by atoms with Crippen LogP contribution in [0.15, 0.2) is 46.7 Å². The van der Waals surface area contributed by atoms with Gasteiger partial charge in [-0.1, -0.05) is 12.1 Å². The van der Waals surface area contributed by atoms with E-state index in [2.05, 4.69) is 14.8 Å². The van der Waals surface area contributed by atoms with Crippen LogP contribution >= 0.6 is 11.3 Å². The molecule has 1 aliphatic heterocycles. The summed E-state index contributed by atoms with van der Waals surface area (Å²) in [4.78, 5) is 21.9. The summed E-state index contributed by atoms with van der Waals surface area (Å²) < 4.78 is 39.7. The summed E-state index contributed by atoms with van der Waals surface area (Å²) >= 11 is 1.44. The van der Waals surface area contributed by atoms with Crippen molar-refractivity contribution in [2.24, 2.45) is 0 Å². The van der Waals surface area contributed by atoms with Crippen molar-refractivity contribution in [3.05, 3.63) is 69.1 Å². The molecule has 0 spiro atoms. The Bertz CT molecular complexity index is 1030. The number of alkyl halides is 3. The van der Waals surface area contributed by atoms with Crippen molar-refractivity contribution in [1.82, 2.24) is 19.2 Å². The van der Waals surface area contributed by atoms with E-state index >= 15 is 0 Å². The smallest absolute Gasteiger partial charge is 0.298 e. The van der Waals surface area contributed by atoms with Crippen LogP contribution in [0.3, 0.4) is 0 Å². The lowest BCUT2D eigenvalue weighted by atomic mass is 10.1. The van der Waals surface area contributed by atoms with E-state index in [1.54, 1.807) is 28.8 Å². The zero-order chi connectivity index (χ0) is 20.4. The third-order valence-corrected chi connectivity index (χ3v) is 5.87. The number of hydrogen-bond donors (Lipinski definition) is 0. The predicted molar refractivity (Wildman–Crippen MR) is 106 cm³/mol. The van der Waals surface area contributed by atoms with Crippen LogP contribution in [0.25, 0.3) is 4.96 Å². The first-order chi connectivity index (χ1) is 13.9. The predicted octanol–water partition coefficient (Wildman–Crippen LogP) is 3.48. The summed E-state index contributed by atoms with van der Waals surface area (Å²) in [5, 5.41) is 1.85. The normalized spacial score (nSPS) is 16.9. The Kier molecular flexibility index (Phi) is 5.71. The topological polar surface area (TPSA) is 40.9 Å². The second-order valence-corrected chi connectivity index (χ2v) is 8.11. The van der Waals surface area contributed by atoms with Gasteiger partial charge < -0.3 is 0 Å². The van der Waals surface area contributed by atoms with E-state index in [1.807, 2.05) is 5.38 Å².